The molecule has 1 nitrogen and oxygen atoms in total. The van der Waals surface area contributed by atoms with Crippen molar-refractivity contribution in [1.82, 2.24) is 0 Å². The van der Waals surface area contributed by atoms with E-state index in [1.165, 1.54) is 23.9 Å². The van der Waals surface area contributed by atoms with Crippen LogP contribution in [0.1, 0.15) is 39.2 Å². The SMILES string of the molecule is CCC(C)CSc1c(F)cc(CC(N)CC)cc1F. The Morgan fingerprint density at radius 1 is 1.16 bits per heavy atom. The van der Waals surface area contributed by atoms with E-state index in [2.05, 4.69) is 13.8 Å². The van der Waals surface area contributed by atoms with Gasteiger partial charge in [0, 0.05) is 11.8 Å². The van der Waals surface area contributed by atoms with Gasteiger partial charge >= 0.3 is 0 Å². The van der Waals surface area contributed by atoms with Crippen LogP contribution in [0.5, 0.6) is 0 Å². The molecule has 2 N–H and O–H groups in total. The molecule has 108 valence electrons. The molecular formula is C15H23F2NS. The van der Waals surface area contributed by atoms with Crippen LogP contribution in [0.25, 0.3) is 0 Å². The van der Waals surface area contributed by atoms with Gasteiger partial charge in [-0.25, -0.2) is 8.78 Å². The quantitative estimate of drug-likeness (QED) is 0.753. The second-order valence-electron chi connectivity index (χ2n) is 5.09. The molecule has 0 bridgehead atoms. The van der Waals surface area contributed by atoms with Gasteiger partial charge in [-0.15, -0.1) is 11.8 Å². The maximum Gasteiger partial charge on any atom is 0.140 e. The lowest BCUT2D eigenvalue weighted by Crippen LogP contribution is -2.21. The van der Waals surface area contributed by atoms with E-state index in [0.717, 1.165) is 18.6 Å². The van der Waals surface area contributed by atoms with E-state index in [1.807, 2.05) is 6.92 Å². The summed E-state index contributed by atoms with van der Waals surface area (Å²) >= 11 is 1.26. The maximum absolute atomic E-state index is 13.9. The van der Waals surface area contributed by atoms with Crippen LogP contribution in [0.2, 0.25) is 0 Å². The summed E-state index contributed by atoms with van der Waals surface area (Å²) < 4.78 is 27.8. The monoisotopic (exact) mass is 287 g/mol. The van der Waals surface area contributed by atoms with Crippen molar-refractivity contribution in [3.8, 4) is 0 Å². The van der Waals surface area contributed by atoms with Crippen LogP contribution < -0.4 is 5.73 Å². The second kappa shape index (κ2) is 7.85. The molecule has 0 saturated heterocycles. The Morgan fingerprint density at radius 2 is 1.74 bits per heavy atom. The molecule has 0 heterocycles. The molecule has 19 heavy (non-hydrogen) atoms. The smallest absolute Gasteiger partial charge is 0.140 e. The van der Waals surface area contributed by atoms with Crippen molar-refractivity contribution < 1.29 is 8.78 Å². The molecule has 0 aliphatic carbocycles. The average Bonchev–Trinajstić information content (AvgIpc) is 2.37. The summed E-state index contributed by atoms with van der Waals surface area (Å²) in [5.41, 5.74) is 6.45. The van der Waals surface area contributed by atoms with Crippen LogP contribution >= 0.6 is 11.8 Å². The van der Waals surface area contributed by atoms with Crippen molar-refractivity contribution in [3.63, 3.8) is 0 Å². The molecule has 0 radical (unpaired) electrons. The molecule has 0 fully saturated rings. The van der Waals surface area contributed by atoms with Crippen molar-refractivity contribution in [1.29, 1.82) is 0 Å². The van der Waals surface area contributed by atoms with Gasteiger partial charge < -0.3 is 5.73 Å². The summed E-state index contributed by atoms with van der Waals surface area (Å²) in [5, 5.41) is 0. The summed E-state index contributed by atoms with van der Waals surface area (Å²) in [6, 6.07) is 2.78. The molecule has 1 aromatic rings. The van der Waals surface area contributed by atoms with Crippen LogP contribution in [0.4, 0.5) is 8.78 Å². The minimum atomic E-state index is -0.466. The topological polar surface area (TPSA) is 26.0 Å². The molecule has 2 unspecified atom stereocenters. The van der Waals surface area contributed by atoms with Gasteiger partial charge in [-0.1, -0.05) is 27.2 Å². The fourth-order valence-corrected chi connectivity index (χ4v) is 2.74. The molecule has 0 amide bonds. The standard InChI is InChI=1S/C15H23F2NS/c1-4-10(3)9-19-15-13(16)7-11(8-14(15)17)6-12(18)5-2/h7-8,10,12H,4-6,9,18H2,1-3H3. The first-order valence-electron chi connectivity index (χ1n) is 6.84. The van der Waals surface area contributed by atoms with Gasteiger partial charge in [0.1, 0.15) is 11.6 Å². The lowest BCUT2D eigenvalue weighted by Gasteiger charge is -2.12. The minimum absolute atomic E-state index is 0.0441. The first-order valence-corrected chi connectivity index (χ1v) is 7.82. The van der Waals surface area contributed by atoms with Gasteiger partial charge in [0.15, 0.2) is 0 Å². The molecule has 1 rings (SSSR count). The number of benzene rings is 1. The van der Waals surface area contributed by atoms with Crippen LogP contribution in [0.15, 0.2) is 17.0 Å². The average molecular weight is 287 g/mol. The van der Waals surface area contributed by atoms with Gasteiger partial charge in [0.2, 0.25) is 0 Å². The number of nitrogens with two attached hydrogens (primary N) is 1. The molecule has 2 atom stereocenters. The molecule has 0 spiro atoms. The van der Waals surface area contributed by atoms with Gasteiger partial charge in [-0.2, -0.15) is 0 Å². The van der Waals surface area contributed by atoms with Crippen LogP contribution in [0.3, 0.4) is 0 Å². The summed E-state index contributed by atoms with van der Waals surface area (Å²) in [7, 11) is 0. The van der Waals surface area contributed by atoms with Crippen molar-refractivity contribution >= 4 is 11.8 Å². The van der Waals surface area contributed by atoms with E-state index < -0.39 is 11.6 Å². The van der Waals surface area contributed by atoms with E-state index >= 15 is 0 Å². The first kappa shape index (κ1) is 16.4. The van der Waals surface area contributed by atoms with Gasteiger partial charge in [-0.3, -0.25) is 0 Å². The fourth-order valence-electron chi connectivity index (χ4n) is 1.66. The van der Waals surface area contributed by atoms with E-state index in [-0.39, 0.29) is 10.9 Å². The van der Waals surface area contributed by atoms with Crippen molar-refractivity contribution in [2.45, 2.75) is 51.0 Å². The fraction of sp³-hybridized carbons (Fsp3) is 0.600. The minimum Gasteiger partial charge on any atom is -0.327 e. The van der Waals surface area contributed by atoms with E-state index in [4.69, 9.17) is 5.73 Å². The highest BCUT2D eigenvalue weighted by Gasteiger charge is 2.14. The number of hydrogen-bond donors (Lipinski definition) is 1. The van der Waals surface area contributed by atoms with Crippen molar-refractivity contribution in [3.05, 3.63) is 29.3 Å². The van der Waals surface area contributed by atoms with E-state index in [9.17, 15) is 8.78 Å². The summed E-state index contributed by atoms with van der Waals surface area (Å²) in [5.74, 6) is 0.258. The van der Waals surface area contributed by atoms with Crippen LogP contribution in [0, 0.1) is 17.6 Å². The predicted molar refractivity (Wildman–Crippen MR) is 78.5 cm³/mol. The Labute approximate surface area is 119 Å². The molecular weight excluding hydrogens is 264 g/mol. The zero-order chi connectivity index (χ0) is 14.4. The van der Waals surface area contributed by atoms with Crippen molar-refractivity contribution in [2.24, 2.45) is 11.7 Å². The largest absolute Gasteiger partial charge is 0.327 e. The van der Waals surface area contributed by atoms with Crippen LogP contribution in [-0.4, -0.2) is 11.8 Å². The van der Waals surface area contributed by atoms with Gasteiger partial charge in [0.25, 0.3) is 0 Å². The van der Waals surface area contributed by atoms with Crippen molar-refractivity contribution in [2.75, 3.05) is 5.75 Å². The lowest BCUT2D eigenvalue weighted by atomic mass is 10.0. The Balaban J connectivity index is 2.79. The van der Waals surface area contributed by atoms with E-state index in [1.54, 1.807) is 0 Å². The highest BCUT2D eigenvalue weighted by Crippen LogP contribution is 2.29. The zero-order valence-electron chi connectivity index (χ0n) is 11.9. The number of rotatable bonds is 7. The molecule has 0 aliphatic heterocycles. The number of halogens is 2. The maximum atomic E-state index is 13.9. The van der Waals surface area contributed by atoms with Crippen LogP contribution in [-0.2, 0) is 6.42 Å². The highest BCUT2D eigenvalue weighted by molar-refractivity contribution is 7.99. The zero-order valence-corrected chi connectivity index (χ0v) is 12.7. The summed E-state index contributed by atoms with van der Waals surface area (Å²) in [4.78, 5) is 0.133. The highest BCUT2D eigenvalue weighted by atomic mass is 32.2. The summed E-state index contributed by atoms with van der Waals surface area (Å²) in [6.07, 6.45) is 2.33. The third-order valence-corrected chi connectivity index (χ3v) is 4.70. The Morgan fingerprint density at radius 3 is 2.21 bits per heavy atom. The Bertz CT molecular complexity index is 386. The molecule has 1 aromatic carbocycles. The summed E-state index contributed by atoms with van der Waals surface area (Å²) in [6.45, 7) is 6.12. The van der Waals surface area contributed by atoms with Gasteiger partial charge in [0.05, 0.1) is 4.90 Å². The number of hydrogen-bond acceptors (Lipinski definition) is 2. The first-order chi connectivity index (χ1) is 8.97. The van der Waals surface area contributed by atoms with E-state index in [0.29, 0.717) is 17.9 Å². The Kier molecular flexibility index (Phi) is 6.80. The normalized spacial score (nSPS) is 14.4. The lowest BCUT2D eigenvalue weighted by molar-refractivity contribution is 0.532. The molecule has 0 saturated carbocycles. The third-order valence-electron chi connectivity index (χ3n) is 3.29. The van der Waals surface area contributed by atoms with Gasteiger partial charge in [-0.05, 0) is 36.5 Å². The second-order valence-corrected chi connectivity index (χ2v) is 6.12. The molecule has 0 aliphatic rings. The molecule has 0 aromatic heterocycles. The third kappa shape index (κ3) is 5.11. The number of thioether (sulfide) groups is 1. The predicted octanol–water partition coefficient (Wildman–Crippen LogP) is 4.38. The molecule has 4 heteroatoms. The Hall–Kier alpha value is -0.610.